The third kappa shape index (κ3) is 7.84. The van der Waals surface area contributed by atoms with Gasteiger partial charge in [-0.25, -0.2) is 13.1 Å². The first-order chi connectivity index (χ1) is 18.8. The molecule has 1 heterocycles. The highest BCUT2D eigenvalue weighted by molar-refractivity contribution is 7.92. The molecule has 0 fully saturated rings. The second-order valence-corrected chi connectivity index (χ2v) is 14.0. The Bertz CT molecular complexity index is 1570. The Balaban J connectivity index is 1.95. The van der Waals surface area contributed by atoms with Gasteiger partial charge in [-0.3, -0.25) is 14.3 Å². The first-order valence-corrected chi connectivity index (χ1v) is 15.0. The van der Waals surface area contributed by atoms with Crippen molar-refractivity contribution in [2.24, 2.45) is 5.41 Å². The molecule has 0 saturated heterocycles. The quantitative estimate of drug-likeness (QED) is 0.349. The first kappa shape index (κ1) is 31.6. The Morgan fingerprint density at radius 2 is 1.63 bits per heavy atom. The van der Waals surface area contributed by atoms with E-state index in [0.29, 0.717) is 16.9 Å². The number of rotatable bonds is 8. The van der Waals surface area contributed by atoms with Crippen molar-refractivity contribution in [2.75, 3.05) is 23.4 Å². The van der Waals surface area contributed by atoms with Gasteiger partial charge >= 0.3 is 0 Å². The maximum absolute atomic E-state index is 13.4. The predicted octanol–water partition coefficient (Wildman–Crippen LogP) is 4.67. The number of aryl methyl sites for hydroxylation is 1. The number of sulfonamides is 1. The fourth-order valence-corrected chi connectivity index (χ4v) is 4.37. The SMILES string of the molecule is COc1c(NC(=O)c2ccc(C)c(-n3cc(C(=O)NC(C)C(C)(C)C)nn3)c2)cc(C(C)(C)C)cc1NS(C)(=O)=O. The van der Waals surface area contributed by atoms with Crippen LogP contribution in [-0.2, 0) is 15.4 Å². The van der Waals surface area contributed by atoms with Gasteiger partial charge in [-0.15, -0.1) is 5.10 Å². The molecule has 0 spiro atoms. The molecule has 12 heteroatoms. The lowest BCUT2D eigenvalue weighted by Crippen LogP contribution is -2.41. The van der Waals surface area contributed by atoms with E-state index in [-0.39, 0.29) is 39.9 Å². The Morgan fingerprint density at radius 1 is 1.00 bits per heavy atom. The lowest BCUT2D eigenvalue weighted by atomic mass is 9.86. The topological polar surface area (TPSA) is 144 Å². The number of nitrogens with one attached hydrogen (secondary N) is 3. The van der Waals surface area contributed by atoms with E-state index in [2.05, 4.69) is 25.7 Å². The molecule has 0 aliphatic rings. The maximum atomic E-state index is 13.4. The van der Waals surface area contributed by atoms with Gasteiger partial charge in [-0.2, -0.15) is 0 Å². The van der Waals surface area contributed by atoms with Crippen LogP contribution in [0.15, 0.2) is 36.5 Å². The molecule has 1 aromatic heterocycles. The normalized spacial score (nSPS) is 12.9. The van der Waals surface area contributed by atoms with Gasteiger partial charge in [0.25, 0.3) is 11.8 Å². The van der Waals surface area contributed by atoms with Gasteiger partial charge in [0.1, 0.15) is 0 Å². The standard InChI is InChI=1S/C29H40N6O5S/c1-17-11-12-19(13-24(17)35-16-23(32-34-35)27(37)30-18(2)28(3,4)5)26(36)31-21-14-20(29(6,7)8)15-22(25(21)40-9)33-41(10,38)39/h11-16,18,33H,1-10H3,(H,30,37)(H,31,36). The summed E-state index contributed by atoms with van der Waals surface area (Å²) in [5.74, 6) is -0.604. The van der Waals surface area contributed by atoms with E-state index in [1.54, 1.807) is 30.3 Å². The van der Waals surface area contributed by atoms with Crippen molar-refractivity contribution in [3.8, 4) is 11.4 Å². The van der Waals surface area contributed by atoms with Crippen molar-refractivity contribution in [2.45, 2.75) is 66.8 Å². The molecule has 222 valence electrons. The van der Waals surface area contributed by atoms with Crippen LogP contribution in [0, 0.1) is 12.3 Å². The Kier molecular flexibility index (Phi) is 8.87. The summed E-state index contributed by atoms with van der Waals surface area (Å²) in [5, 5.41) is 14.0. The Labute approximate surface area is 242 Å². The second-order valence-electron chi connectivity index (χ2n) is 12.3. The van der Waals surface area contributed by atoms with Crippen LogP contribution in [0.3, 0.4) is 0 Å². The fraction of sp³-hybridized carbons (Fsp3) is 0.448. The molecule has 1 atom stereocenters. The number of anilines is 2. The molecule has 11 nitrogen and oxygen atoms in total. The van der Waals surface area contributed by atoms with Gasteiger partial charge < -0.3 is 15.4 Å². The molecular weight excluding hydrogens is 544 g/mol. The van der Waals surface area contributed by atoms with Crippen LogP contribution in [0.2, 0.25) is 0 Å². The van der Waals surface area contributed by atoms with E-state index in [4.69, 9.17) is 4.74 Å². The summed E-state index contributed by atoms with van der Waals surface area (Å²) in [5.41, 5.74) is 2.70. The number of carbonyl (C=O) groups is 2. The second kappa shape index (κ2) is 11.5. The van der Waals surface area contributed by atoms with E-state index in [9.17, 15) is 18.0 Å². The minimum Gasteiger partial charge on any atom is -0.492 e. The van der Waals surface area contributed by atoms with Gasteiger partial charge in [-0.05, 0) is 60.1 Å². The summed E-state index contributed by atoms with van der Waals surface area (Å²) in [4.78, 5) is 26.2. The van der Waals surface area contributed by atoms with Crippen LogP contribution in [0.4, 0.5) is 11.4 Å². The fourth-order valence-electron chi connectivity index (χ4n) is 3.81. The summed E-state index contributed by atoms with van der Waals surface area (Å²) < 4.78 is 33.5. The Morgan fingerprint density at radius 3 is 2.20 bits per heavy atom. The van der Waals surface area contributed by atoms with Gasteiger partial charge in [-0.1, -0.05) is 52.8 Å². The summed E-state index contributed by atoms with van der Waals surface area (Å²) in [6.45, 7) is 15.8. The van der Waals surface area contributed by atoms with Crippen molar-refractivity contribution >= 4 is 33.2 Å². The number of carbonyl (C=O) groups excluding carboxylic acids is 2. The average Bonchev–Trinajstić information content (AvgIpc) is 3.32. The highest BCUT2D eigenvalue weighted by atomic mass is 32.2. The van der Waals surface area contributed by atoms with Crippen LogP contribution in [0.5, 0.6) is 5.75 Å². The van der Waals surface area contributed by atoms with Gasteiger partial charge in [0.2, 0.25) is 10.0 Å². The summed E-state index contributed by atoms with van der Waals surface area (Å²) >= 11 is 0. The summed E-state index contributed by atoms with van der Waals surface area (Å²) in [6.07, 6.45) is 2.57. The molecule has 3 N–H and O–H groups in total. The van der Waals surface area contributed by atoms with Gasteiger partial charge in [0.05, 0.1) is 36.6 Å². The molecular formula is C29H40N6O5S. The molecule has 0 aliphatic heterocycles. The van der Waals surface area contributed by atoms with Crippen molar-refractivity contribution in [3.63, 3.8) is 0 Å². The molecule has 0 saturated carbocycles. The molecule has 2 amide bonds. The van der Waals surface area contributed by atoms with Crippen molar-refractivity contribution in [1.82, 2.24) is 20.3 Å². The van der Waals surface area contributed by atoms with E-state index >= 15 is 0 Å². The van der Waals surface area contributed by atoms with Crippen LogP contribution < -0.4 is 20.1 Å². The van der Waals surface area contributed by atoms with E-state index in [0.717, 1.165) is 17.4 Å². The van der Waals surface area contributed by atoms with Crippen molar-refractivity contribution in [1.29, 1.82) is 0 Å². The third-order valence-corrected chi connectivity index (χ3v) is 7.38. The molecule has 0 aliphatic carbocycles. The molecule has 2 aromatic carbocycles. The highest BCUT2D eigenvalue weighted by Crippen LogP contribution is 2.39. The predicted molar refractivity (Wildman–Crippen MR) is 161 cm³/mol. The number of ether oxygens (including phenoxy) is 1. The van der Waals surface area contributed by atoms with E-state index in [1.165, 1.54) is 18.0 Å². The van der Waals surface area contributed by atoms with Crippen LogP contribution in [-0.4, -0.2) is 54.6 Å². The summed E-state index contributed by atoms with van der Waals surface area (Å²) in [7, 11) is -2.21. The van der Waals surface area contributed by atoms with Crippen LogP contribution in [0.1, 0.15) is 80.4 Å². The molecule has 41 heavy (non-hydrogen) atoms. The number of hydrogen-bond donors (Lipinski definition) is 3. The lowest BCUT2D eigenvalue weighted by molar-refractivity contribution is 0.0904. The number of amides is 2. The zero-order valence-electron chi connectivity index (χ0n) is 25.3. The molecule has 0 bridgehead atoms. The first-order valence-electron chi connectivity index (χ1n) is 13.2. The molecule has 3 aromatic rings. The average molecular weight is 585 g/mol. The summed E-state index contributed by atoms with van der Waals surface area (Å²) in [6, 6.07) is 8.46. The van der Waals surface area contributed by atoms with Gasteiger partial charge in [0, 0.05) is 11.6 Å². The third-order valence-electron chi connectivity index (χ3n) is 6.79. The van der Waals surface area contributed by atoms with E-state index in [1.807, 2.05) is 55.4 Å². The van der Waals surface area contributed by atoms with Crippen LogP contribution >= 0.6 is 0 Å². The minimum atomic E-state index is -3.62. The number of aromatic nitrogens is 3. The van der Waals surface area contributed by atoms with Crippen molar-refractivity contribution < 1.29 is 22.7 Å². The smallest absolute Gasteiger partial charge is 0.273 e. The zero-order valence-corrected chi connectivity index (χ0v) is 26.1. The highest BCUT2D eigenvalue weighted by Gasteiger charge is 2.25. The monoisotopic (exact) mass is 584 g/mol. The van der Waals surface area contributed by atoms with Crippen molar-refractivity contribution in [3.05, 3.63) is 58.9 Å². The largest absolute Gasteiger partial charge is 0.492 e. The number of hydrogen-bond acceptors (Lipinski definition) is 7. The number of methoxy groups -OCH3 is 1. The lowest BCUT2D eigenvalue weighted by Gasteiger charge is -2.27. The molecule has 1 unspecified atom stereocenters. The minimum absolute atomic E-state index is 0.0872. The molecule has 0 radical (unpaired) electrons. The van der Waals surface area contributed by atoms with E-state index < -0.39 is 15.9 Å². The number of benzene rings is 2. The Hall–Kier alpha value is -3.93. The zero-order chi connectivity index (χ0) is 30.9. The van der Waals surface area contributed by atoms with Gasteiger partial charge in [0.15, 0.2) is 11.4 Å². The number of nitrogens with zero attached hydrogens (tertiary/aromatic N) is 3. The maximum Gasteiger partial charge on any atom is 0.273 e. The van der Waals surface area contributed by atoms with Crippen LogP contribution in [0.25, 0.3) is 5.69 Å². The molecule has 3 rings (SSSR count).